The van der Waals surface area contributed by atoms with Crippen LogP contribution in [-0.4, -0.2) is 36.1 Å². The van der Waals surface area contributed by atoms with Gasteiger partial charge in [0.1, 0.15) is 16.9 Å². The van der Waals surface area contributed by atoms with Crippen molar-refractivity contribution in [3.05, 3.63) is 53.9 Å². The zero-order valence-electron chi connectivity index (χ0n) is 13.3. The summed E-state index contributed by atoms with van der Waals surface area (Å²) in [5.74, 6) is 0.890. The minimum atomic E-state index is -0.0100. The van der Waals surface area contributed by atoms with Crippen molar-refractivity contribution in [2.45, 2.75) is 18.9 Å². The number of aromatic nitrogens is 4. The van der Waals surface area contributed by atoms with Gasteiger partial charge in [0.2, 0.25) is 0 Å². The average molecular weight is 349 g/mol. The van der Waals surface area contributed by atoms with Gasteiger partial charge < -0.3 is 9.88 Å². The minimum Gasteiger partial charge on any atom is -0.340 e. The van der Waals surface area contributed by atoms with Crippen molar-refractivity contribution in [3.8, 4) is 0 Å². The van der Waals surface area contributed by atoms with Crippen LogP contribution in [0.1, 0.15) is 35.1 Å². The maximum absolute atomic E-state index is 13.1. The van der Waals surface area contributed by atoms with E-state index >= 15 is 0 Å². The van der Waals surface area contributed by atoms with Crippen LogP contribution in [0.4, 0.5) is 0 Å². The number of likely N-dealkylation sites (tertiary alicyclic amines) is 1. The van der Waals surface area contributed by atoms with Crippen LogP contribution in [0.3, 0.4) is 0 Å². The number of benzene rings is 2. The minimum absolute atomic E-state index is 0.0100. The molecule has 1 N–H and O–H groups in total. The van der Waals surface area contributed by atoms with Gasteiger partial charge in [0.05, 0.1) is 28.8 Å². The fraction of sp³-hybridized carbons (Fsp3) is 0.222. The van der Waals surface area contributed by atoms with Crippen molar-refractivity contribution in [1.29, 1.82) is 0 Å². The van der Waals surface area contributed by atoms with E-state index in [0.29, 0.717) is 5.56 Å². The van der Waals surface area contributed by atoms with Gasteiger partial charge in [0.15, 0.2) is 0 Å². The first-order valence-electron chi connectivity index (χ1n) is 8.27. The number of amides is 1. The van der Waals surface area contributed by atoms with Crippen LogP contribution >= 0.6 is 11.7 Å². The Morgan fingerprint density at radius 2 is 2.00 bits per heavy atom. The van der Waals surface area contributed by atoms with E-state index in [1.807, 2.05) is 47.4 Å². The first-order chi connectivity index (χ1) is 12.3. The van der Waals surface area contributed by atoms with Crippen LogP contribution in [-0.2, 0) is 0 Å². The largest absolute Gasteiger partial charge is 0.340 e. The van der Waals surface area contributed by atoms with Crippen molar-refractivity contribution in [2.75, 3.05) is 6.54 Å². The summed E-state index contributed by atoms with van der Waals surface area (Å²) in [7, 11) is 0. The molecule has 1 saturated heterocycles. The van der Waals surface area contributed by atoms with Crippen molar-refractivity contribution >= 4 is 39.7 Å². The Labute approximate surface area is 147 Å². The highest BCUT2D eigenvalue weighted by Crippen LogP contribution is 2.33. The average Bonchev–Trinajstić information content (AvgIpc) is 3.37. The highest BCUT2D eigenvalue weighted by atomic mass is 32.1. The molecule has 6 nitrogen and oxygen atoms in total. The lowest BCUT2D eigenvalue weighted by Crippen LogP contribution is -2.31. The van der Waals surface area contributed by atoms with Gasteiger partial charge in [-0.05, 0) is 43.2 Å². The van der Waals surface area contributed by atoms with Crippen LogP contribution in [0, 0.1) is 0 Å². The molecule has 7 heteroatoms. The number of nitrogens with zero attached hydrogens (tertiary/aromatic N) is 4. The smallest absolute Gasteiger partial charge is 0.254 e. The third-order valence-electron chi connectivity index (χ3n) is 4.74. The number of H-pyrrole nitrogens is 1. The van der Waals surface area contributed by atoms with E-state index in [1.165, 1.54) is 11.7 Å². The molecule has 2 aromatic heterocycles. The highest BCUT2D eigenvalue weighted by Gasteiger charge is 2.32. The zero-order valence-corrected chi connectivity index (χ0v) is 14.2. The Balaban J connectivity index is 1.50. The lowest BCUT2D eigenvalue weighted by atomic mass is 10.1. The first-order valence-corrected chi connectivity index (χ1v) is 9.00. The lowest BCUT2D eigenvalue weighted by Gasteiger charge is -2.23. The van der Waals surface area contributed by atoms with E-state index in [0.717, 1.165) is 47.3 Å². The summed E-state index contributed by atoms with van der Waals surface area (Å²) in [5.41, 5.74) is 4.20. The second-order valence-corrected chi connectivity index (χ2v) is 6.79. The zero-order chi connectivity index (χ0) is 16.8. The van der Waals surface area contributed by atoms with Gasteiger partial charge in [-0.25, -0.2) is 4.98 Å². The molecule has 0 unspecified atom stereocenters. The number of carbonyl (C=O) groups excluding carboxylic acids is 1. The molecule has 0 radical (unpaired) electrons. The predicted octanol–water partition coefficient (Wildman–Crippen LogP) is 3.54. The van der Waals surface area contributed by atoms with Gasteiger partial charge in [0.25, 0.3) is 5.91 Å². The Kier molecular flexibility index (Phi) is 3.27. The monoisotopic (exact) mass is 349 g/mol. The second kappa shape index (κ2) is 5.63. The number of hydrogen-bond donors (Lipinski definition) is 1. The molecule has 0 spiro atoms. The summed E-state index contributed by atoms with van der Waals surface area (Å²) < 4.78 is 8.43. The van der Waals surface area contributed by atoms with Crippen molar-refractivity contribution in [3.63, 3.8) is 0 Å². The Bertz CT molecular complexity index is 1050. The number of aromatic amines is 1. The molecule has 25 heavy (non-hydrogen) atoms. The van der Waals surface area contributed by atoms with Crippen molar-refractivity contribution in [1.82, 2.24) is 23.6 Å². The molecule has 0 saturated carbocycles. The number of para-hydroxylation sites is 2. The van der Waals surface area contributed by atoms with E-state index in [4.69, 9.17) is 4.98 Å². The third-order valence-corrected chi connectivity index (χ3v) is 5.29. The Hall–Kier alpha value is -2.80. The van der Waals surface area contributed by atoms with Gasteiger partial charge in [-0.15, -0.1) is 0 Å². The maximum atomic E-state index is 13.1. The van der Waals surface area contributed by atoms with E-state index in [1.54, 1.807) is 0 Å². The third kappa shape index (κ3) is 2.39. The Morgan fingerprint density at radius 3 is 2.92 bits per heavy atom. The molecule has 1 atom stereocenters. The van der Waals surface area contributed by atoms with E-state index in [-0.39, 0.29) is 11.9 Å². The number of hydrogen-bond acceptors (Lipinski definition) is 5. The number of rotatable bonds is 2. The summed E-state index contributed by atoms with van der Waals surface area (Å²) >= 11 is 1.17. The highest BCUT2D eigenvalue weighted by molar-refractivity contribution is 7.00. The maximum Gasteiger partial charge on any atom is 0.254 e. The first kappa shape index (κ1) is 14.5. The summed E-state index contributed by atoms with van der Waals surface area (Å²) in [6, 6.07) is 13.5. The SMILES string of the molecule is O=C(c1ccc2nsnc2c1)N1CCC[C@@H]1c1nc2ccccc2[nH]1. The molecular weight excluding hydrogens is 334 g/mol. The van der Waals surface area contributed by atoms with Crippen LogP contribution in [0.15, 0.2) is 42.5 Å². The van der Waals surface area contributed by atoms with Crippen LogP contribution in [0.25, 0.3) is 22.1 Å². The van der Waals surface area contributed by atoms with E-state index in [2.05, 4.69) is 13.7 Å². The fourth-order valence-corrected chi connectivity index (χ4v) is 4.02. The van der Waals surface area contributed by atoms with Crippen LogP contribution in [0.5, 0.6) is 0 Å². The molecule has 3 heterocycles. The standard InChI is InChI=1S/C18H15N5OS/c24-18(11-7-8-14-15(10-11)22-25-21-14)23-9-3-6-16(23)17-19-12-4-1-2-5-13(12)20-17/h1-2,4-5,7-8,10,16H,3,6,9H2,(H,19,20)/t16-/m1/s1. The number of carbonyl (C=O) groups is 1. The quantitative estimate of drug-likeness (QED) is 0.600. The molecule has 1 aliphatic heterocycles. The molecule has 4 aromatic rings. The predicted molar refractivity (Wildman–Crippen MR) is 96.5 cm³/mol. The molecule has 1 fully saturated rings. The van der Waals surface area contributed by atoms with E-state index < -0.39 is 0 Å². The molecule has 1 amide bonds. The molecule has 2 aromatic carbocycles. The molecule has 1 aliphatic rings. The van der Waals surface area contributed by atoms with Crippen LogP contribution < -0.4 is 0 Å². The molecule has 124 valence electrons. The van der Waals surface area contributed by atoms with Gasteiger partial charge in [-0.2, -0.15) is 8.75 Å². The molecule has 0 aliphatic carbocycles. The van der Waals surface area contributed by atoms with Gasteiger partial charge in [-0.3, -0.25) is 4.79 Å². The van der Waals surface area contributed by atoms with Gasteiger partial charge >= 0.3 is 0 Å². The number of fused-ring (bicyclic) bond motifs is 2. The second-order valence-electron chi connectivity index (χ2n) is 6.26. The van der Waals surface area contributed by atoms with Crippen molar-refractivity contribution < 1.29 is 4.79 Å². The topological polar surface area (TPSA) is 74.8 Å². The van der Waals surface area contributed by atoms with E-state index in [9.17, 15) is 4.79 Å². The summed E-state index contributed by atoms with van der Waals surface area (Å²) in [5, 5.41) is 0. The summed E-state index contributed by atoms with van der Waals surface area (Å²) in [6.45, 7) is 0.744. The molecule has 0 bridgehead atoms. The van der Waals surface area contributed by atoms with Crippen molar-refractivity contribution in [2.24, 2.45) is 0 Å². The van der Waals surface area contributed by atoms with Gasteiger partial charge in [0, 0.05) is 12.1 Å². The van der Waals surface area contributed by atoms with Gasteiger partial charge in [-0.1, -0.05) is 12.1 Å². The number of nitrogens with one attached hydrogen (secondary N) is 1. The molecular formula is C18H15N5OS. The summed E-state index contributed by atoms with van der Waals surface area (Å²) in [4.78, 5) is 23.0. The fourth-order valence-electron chi connectivity index (χ4n) is 3.51. The normalized spacial score (nSPS) is 17.6. The Morgan fingerprint density at radius 1 is 1.12 bits per heavy atom. The lowest BCUT2D eigenvalue weighted by molar-refractivity contribution is 0.0730. The summed E-state index contributed by atoms with van der Waals surface area (Å²) in [6.07, 6.45) is 1.90. The van der Waals surface area contributed by atoms with Crippen LogP contribution in [0.2, 0.25) is 0 Å². The molecule has 5 rings (SSSR count). The number of imidazole rings is 1.